The van der Waals surface area contributed by atoms with Gasteiger partial charge in [0.1, 0.15) is 23.6 Å². The lowest BCUT2D eigenvalue weighted by Gasteiger charge is -2.35. The van der Waals surface area contributed by atoms with Gasteiger partial charge in [-0.25, -0.2) is 18.7 Å². The zero-order valence-electron chi connectivity index (χ0n) is 22.3. The second-order valence-corrected chi connectivity index (χ2v) is 13.2. The number of nitrogens with two attached hydrogens (primary N) is 1. The van der Waals surface area contributed by atoms with Crippen molar-refractivity contribution in [3.05, 3.63) is 36.0 Å². The lowest BCUT2D eigenvalue weighted by Crippen LogP contribution is -2.43. The van der Waals surface area contributed by atoms with Crippen molar-refractivity contribution in [3.63, 3.8) is 0 Å². The number of rotatable bonds is 5. The van der Waals surface area contributed by atoms with Crippen LogP contribution in [0.25, 0.3) is 32.4 Å². The van der Waals surface area contributed by atoms with Gasteiger partial charge in [-0.05, 0) is 82.0 Å². The molecule has 2 bridgehead atoms. The Morgan fingerprint density at radius 3 is 2.60 bits per heavy atom. The normalized spacial score (nSPS) is 23.9. The minimum atomic E-state index is -0.551. The fraction of sp³-hybridized carbons (Fsp3) is 0.500. The molecule has 208 valence electrons. The van der Waals surface area contributed by atoms with Crippen LogP contribution in [0.3, 0.4) is 0 Å². The summed E-state index contributed by atoms with van der Waals surface area (Å²) in [6, 6.07) is 4.83. The summed E-state index contributed by atoms with van der Waals surface area (Å²) in [5.74, 6) is 0.792. The van der Waals surface area contributed by atoms with Gasteiger partial charge in [-0.3, -0.25) is 9.88 Å². The van der Waals surface area contributed by atoms with Gasteiger partial charge in [-0.2, -0.15) is 0 Å². The standard InChI is InChI=1S/C30H32F2N6OS/c31-21-6-5-19(27-28(21)40-29(33)36-27)25-24(32)26-20(13-34-25)22(37-14-17-3-4-18(11-17)15-37)12-23(35-26)39-16-30-7-1-9-38(30)10-2-8-30/h5-6,12-13,17-18H,1-4,7-11,14-16H2,(H2,33,36). The Balaban J connectivity index is 1.25. The molecule has 0 amide bonds. The molecule has 1 saturated carbocycles. The van der Waals surface area contributed by atoms with Crippen LogP contribution in [0.5, 0.6) is 5.88 Å². The number of aromatic nitrogens is 3. The first-order chi connectivity index (χ1) is 19.5. The van der Waals surface area contributed by atoms with Gasteiger partial charge in [0, 0.05) is 36.3 Å². The van der Waals surface area contributed by atoms with Crippen molar-refractivity contribution in [2.75, 3.05) is 43.4 Å². The van der Waals surface area contributed by atoms with Gasteiger partial charge in [0.25, 0.3) is 0 Å². The zero-order valence-corrected chi connectivity index (χ0v) is 23.2. The topological polar surface area (TPSA) is 80.4 Å². The van der Waals surface area contributed by atoms with Crippen molar-refractivity contribution in [3.8, 4) is 17.1 Å². The summed E-state index contributed by atoms with van der Waals surface area (Å²) in [4.78, 5) is 18.6. The fourth-order valence-corrected chi connectivity index (χ4v) is 8.66. The highest BCUT2D eigenvalue weighted by atomic mass is 32.1. The first kappa shape index (κ1) is 24.7. The van der Waals surface area contributed by atoms with Crippen LogP contribution in [0.2, 0.25) is 0 Å². The molecule has 1 aromatic carbocycles. The number of benzene rings is 1. The Bertz CT molecular complexity index is 1620. The van der Waals surface area contributed by atoms with E-state index in [-0.39, 0.29) is 21.9 Å². The molecule has 4 aliphatic rings. The third-order valence-electron chi connectivity index (χ3n) is 9.77. The average Bonchev–Trinajstić information content (AvgIpc) is 3.71. The maximum absolute atomic E-state index is 16.5. The van der Waals surface area contributed by atoms with E-state index in [2.05, 4.69) is 19.8 Å². The molecule has 3 aliphatic heterocycles. The molecule has 0 radical (unpaired) electrons. The number of piperidine rings is 1. The van der Waals surface area contributed by atoms with Gasteiger partial charge < -0.3 is 15.4 Å². The van der Waals surface area contributed by atoms with Crippen LogP contribution in [0.1, 0.15) is 44.9 Å². The third-order valence-corrected chi connectivity index (χ3v) is 10.7. The Kier molecular flexibility index (Phi) is 5.68. The van der Waals surface area contributed by atoms with Crippen molar-refractivity contribution in [2.45, 2.75) is 50.5 Å². The van der Waals surface area contributed by atoms with E-state index in [1.165, 1.54) is 44.2 Å². The Morgan fingerprint density at radius 2 is 1.82 bits per heavy atom. The average molecular weight is 563 g/mol. The molecular weight excluding hydrogens is 530 g/mol. The Morgan fingerprint density at radius 1 is 1.05 bits per heavy atom. The predicted molar refractivity (Wildman–Crippen MR) is 154 cm³/mol. The number of halogens is 2. The van der Waals surface area contributed by atoms with Crippen molar-refractivity contribution >= 4 is 43.3 Å². The number of pyridine rings is 2. The molecular formula is C30H32F2N6OS. The zero-order chi connectivity index (χ0) is 27.0. The van der Waals surface area contributed by atoms with Crippen LogP contribution in [-0.2, 0) is 0 Å². The van der Waals surface area contributed by atoms with E-state index in [1.54, 1.807) is 6.20 Å². The van der Waals surface area contributed by atoms with E-state index in [4.69, 9.17) is 15.5 Å². The summed E-state index contributed by atoms with van der Waals surface area (Å²) < 4.78 is 37.7. The van der Waals surface area contributed by atoms with Gasteiger partial charge in [0.05, 0.1) is 21.4 Å². The molecule has 7 nitrogen and oxygen atoms in total. The fourth-order valence-electron chi connectivity index (χ4n) is 7.89. The van der Waals surface area contributed by atoms with Gasteiger partial charge in [0.2, 0.25) is 5.88 Å². The maximum Gasteiger partial charge on any atom is 0.216 e. The van der Waals surface area contributed by atoms with Crippen molar-refractivity contribution in [1.82, 2.24) is 19.9 Å². The SMILES string of the molecule is Nc1nc2c(-c3ncc4c(N5CC6CCC(C6)C5)cc(OCC56CCCN5CCC6)nc4c3F)ccc(F)c2s1. The van der Waals surface area contributed by atoms with Gasteiger partial charge in [0.15, 0.2) is 10.9 Å². The summed E-state index contributed by atoms with van der Waals surface area (Å²) in [6.07, 6.45) is 10.1. The lowest BCUT2D eigenvalue weighted by atomic mass is 9.95. The molecule has 4 aromatic rings. The second-order valence-electron chi connectivity index (χ2n) is 12.1. The largest absolute Gasteiger partial charge is 0.476 e. The number of nitrogen functional groups attached to an aromatic ring is 1. The molecule has 3 saturated heterocycles. The van der Waals surface area contributed by atoms with E-state index >= 15 is 4.39 Å². The monoisotopic (exact) mass is 562 g/mol. The number of thiazole rings is 1. The highest BCUT2D eigenvalue weighted by Gasteiger charge is 2.45. The summed E-state index contributed by atoms with van der Waals surface area (Å²) >= 11 is 1.05. The molecule has 8 rings (SSSR count). The molecule has 10 heteroatoms. The van der Waals surface area contributed by atoms with Crippen LogP contribution >= 0.6 is 11.3 Å². The minimum Gasteiger partial charge on any atom is -0.476 e. The van der Waals surface area contributed by atoms with Crippen LogP contribution in [-0.4, -0.2) is 58.2 Å². The van der Waals surface area contributed by atoms with Crippen LogP contribution < -0.4 is 15.4 Å². The van der Waals surface area contributed by atoms with E-state index in [0.29, 0.717) is 45.5 Å². The van der Waals surface area contributed by atoms with E-state index in [9.17, 15) is 4.39 Å². The molecule has 2 N–H and O–H groups in total. The minimum absolute atomic E-state index is 0.0627. The quantitative estimate of drug-likeness (QED) is 0.319. The first-order valence-corrected chi connectivity index (χ1v) is 15.3. The molecule has 2 atom stereocenters. The molecule has 1 aliphatic carbocycles. The van der Waals surface area contributed by atoms with E-state index in [0.717, 1.165) is 56.0 Å². The van der Waals surface area contributed by atoms with Crippen LogP contribution in [0.15, 0.2) is 24.4 Å². The number of hydrogen-bond donors (Lipinski definition) is 1. The van der Waals surface area contributed by atoms with Crippen molar-refractivity contribution < 1.29 is 13.5 Å². The lowest BCUT2D eigenvalue weighted by molar-refractivity contribution is 0.111. The molecule has 3 aromatic heterocycles. The smallest absolute Gasteiger partial charge is 0.216 e. The Labute approximate surface area is 235 Å². The van der Waals surface area contributed by atoms with Crippen LogP contribution in [0.4, 0.5) is 19.6 Å². The maximum atomic E-state index is 16.5. The molecule has 0 spiro atoms. The number of anilines is 2. The second kappa shape index (κ2) is 9.21. The van der Waals surface area contributed by atoms with Crippen molar-refractivity contribution in [2.24, 2.45) is 11.8 Å². The number of nitrogens with zero attached hydrogens (tertiary/aromatic N) is 5. The van der Waals surface area contributed by atoms with Gasteiger partial charge in [-0.1, -0.05) is 11.3 Å². The van der Waals surface area contributed by atoms with Gasteiger partial charge >= 0.3 is 0 Å². The predicted octanol–water partition coefficient (Wildman–Crippen LogP) is 6.01. The summed E-state index contributed by atoms with van der Waals surface area (Å²) in [7, 11) is 0. The number of hydrogen-bond acceptors (Lipinski definition) is 8. The third kappa shape index (κ3) is 3.86. The highest BCUT2D eigenvalue weighted by Crippen LogP contribution is 2.43. The van der Waals surface area contributed by atoms with Crippen molar-refractivity contribution in [1.29, 1.82) is 0 Å². The van der Waals surface area contributed by atoms with Gasteiger partial charge in [-0.15, -0.1) is 0 Å². The molecule has 40 heavy (non-hydrogen) atoms. The highest BCUT2D eigenvalue weighted by molar-refractivity contribution is 7.22. The molecule has 2 unspecified atom stereocenters. The summed E-state index contributed by atoms with van der Waals surface area (Å²) in [5, 5.41) is 0.901. The van der Waals surface area contributed by atoms with E-state index in [1.807, 2.05) is 6.07 Å². The summed E-state index contributed by atoms with van der Waals surface area (Å²) in [6.45, 7) is 4.70. The molecule has 4 fully saturated rings. The number of ether oxygens (including phenoxy) is 1. The summed E-state index contributed by atoms with van der Waals surface area (Å²) in [5.41, 5.74) is 7.93. The molecule has 6 heterocycles. The Hall–Kier alpha value is -3.11. The van der Waals surface area contributed by atoms with E-state index < -0.39 is 11.6 Å². The van der Waals surface area contributed by atoms with Crippen LogP contribution in [0, 0.1) is 23.5 Å². The number of fused-ring (bicyclic) bond motifs is 5. The first-order valence-electron chi connectivity index (χ1n) is 14.4.